The van der Waals surface area contributed by atoms with Crippen molar-refractivity contribution in [1.82, 2.24) is 4.90 Å². The number of esters is 1. The molecule has 0 aromatic carbocycles. The molecule has 0 aromatic rings. The van der Waals surface area contributed by atoms with Gasteiger partial charge in [-0.25, -0.2) is 0 Å². The molecule has 0 heterocycles. The van der Waals surface area contributed by atoms with Crippen molar-refractivity contribution < 1.29 is 14.3 Å². The Bertz CT molecular complexity index is 684. The predicted molar refractivity (Wildman–Crippen MR) is 219 cm³/mol. The molecule has 2 N–H and O–H groups in total. The van der Waals surface area contributed by atoms with Crippen LogP contribution in [0.25, 0.3) is 0 Å². The second-order valence-corrected chi connectivity index (χ2v) is 15.8. The lowest BCUT2D eigenvalue weighted by Crippen LogP contribution is -2.28. The first-order valence-electron chi connectivity index (χ1n) is 22.7. The predicted octanol–water partition coefficient (Wildman–Crippen LogP) is 13.6. The van der Waals surface area contributed by atoms with Gasteiger partial charge in [-0.1, -0.05) is 201 Å². The highest BCUT2D eigenvalue weighted by Crippen LogP contribution is 2.25. The molecule has 0 rings (SSSR count). The van der Waals surface area contributed by atoms with Gasteiger partial charge in [0.05, 0.1) is 6.61 Å². The van der Waals surface area contributed by atoms with Gasteiger partial charge in [-0.05, 0) is 57.7 Å². The molecule has 0 aromatic heterocycles. The minimum Gasteiger partial charge on any atom is -0.466 e. The summed E-state index contributed by atoms with van der Waals surface area (Å²) in [6, 6.07) is 0. The van der Waals surface area contributed by atoms with Crippen molar-refractivity contribution in [3.63, 3.8) is 0 Å². The molecular weight excluding hydrogens is 617 g/mol. The standard InChI is InChI=1S/C45H90N2O3/c1-4-7-10-13-16-25-32-42-50-45(49)38-29-22-18-24-31-40-47(41-33-37-44(46)48)39-30-23-17-21-28-36-43(34-26-19-14-11-8-5-2)35-27-20-15-12-9-6-3/h43H,4-42H2,1-3H3,(H2,46,48). The summed E-state index contributed by atoms with van der Waals surface area (Å²) in [5.74, 6) is 0.761. The minimum atomic E-state index is -0.183. The van der Waals surface area contributed by atoms with E-state index in [1.165, 1.54) is 186 Å². The first-order chi connectivity index (χ1) is 24.5. The van der Waals surface area contributed by atoms with E-state index in [1.54, 1.807) is 0 Å². The number of unbranched alkanes of at least 4 members (excludes halogenated alkanes) is 24. The third-order valence-corrected chi connectivity index (χ3v) is 10.8. The lowest BCUT2D eigenvalue weighted by atomic mass is 9.89. The van der Waals surface area contributed by atoms with Crippen LogP contribution in [0.2, 0.25) is 0 Å². The number of nitrogens with two attached hydrogens (primary N) is 1. The quantitative estimate of drug-likeness (QED) is 0.0506. The SMILES string of the molecule is CCCCCCCCCOC(=O)CCCCCCCN(CCCCCCCC(CCCCCCCC)CCCCCCCC)CCCC(N)=O. The van der Waals surface area contributed by atoms with Crippen LogP contribution < -0.4 is 5.73 Å². The van der Waals surface area contributed by atoms with Gasteiger partial charge >= 0.3 is 5.97 Å². The van der Waals surface area contributed by atoms with E-state index in [9.17, 15) is 9.59 Å². The lowest BCUT2D eigenvalue weighted by Gasteiger charge is -2.22. The monoisotopic (exact) mass is 707 g/mol. The lowest BCUT2D eigenvalue weighted by molar-refractivity contribution is -0.143. The van der Waals surface area contributed by atoms with Crippen LogP contribution >= 0.6 is 0 Å². The normalized spacial score (nSPS) is 11.6. The molecule has 0 unspecified atom stereocenters. The van der Waals surface area contributed by atoms with Crippen molar-refractivity contribution in [3.05, 3.63) is 0 Å². The molecule has 0 saturated heterocycles. The van der Waals surface area contributed by atoms with Gasteiger partial charge in [-0.2, -0.15) is 0 Å². The highest BCUT2D eigenvalue weighted by Gasteiger charge is 2.10. The van der Waals surface area contributed by atoms with Crippen molar-refractivity contribution >= 4 is 11.9 Å². The molecule has 0 bridgehead atoms. The Hall–Kier alpha value is -1.10. The van der Waals surface area contributed by atoms with Gasteiger partial charge in [-0.3, -0.25) is 9.59 Å². The molecule has 0 radical (unpaired) electrons. The van der Waals surface area contributed by atoms with Crippen LogP contribution in [0.5, 0.6) is 0 Å². The number of ether oxygens (including phenoxy) is 1. The summed E-state index contributed by atoms with van der Waals surface area (Å²) in [6.07, 6.45) is 44.4. The van der Waals surface area contributed by atoms with E-state index in [0.717, 1.165) is 51.2 Å². The number of hydrogen-bond acceptors (Lipinski definition) is 4. The fourth-order valence-electron chi connectivity index (χ4n) is 7.42. The van der Waals surface area contributed by atoms with Crippen molar-refractivity contribution in [2.75, 3.05) is 26.2 Å². The van der Waals surface area contributed by atoms with Crippen LogP contribution in [-0.4, -0.2) is 43.0 Å². The summed E-state index contributed by atoms with van der Waals surface area (Å²) in [4.78, 5) is 25.9. The van der Waals surface area contributed by atoms with Crippen LogP contribution in [0, 0.1) is 5.92 Å². The van der Waals surface area contributed by atoms with E-state index < -0.39 is 0 Å². The van der Waals surface area contributed by atoms with Gasteiger partial charge in [0.25, 0.3) is 0 Å². The van der Waals surface area contributed by atoms with E-state index in [0.29, 0.717) is 19.4 Å². The largest absolute Gasteiger partial charge is 0.466 e. The van der Waals surface area contributed by atoms with Gasteiger partial charge in [0.2, 0.25) is 5.91 Å². The fraction of sp³-hybridized carbons (Fsp3) is 0.956. The summed E-state index contributed by atoms with van der Waals surface area (Å²) in [5, 5.41) is 0. The van der Waals surface area contributed by atoms with Crippen molar-refractivity contribution in [1.29, 1.82) is 0 Å². The van der Waals surface area contributed by atoms with Gasteiger partial charge in [-0.15, -0.1) is 0 Å². The number of carbonyl (C=O) groups excluding carboxylic acids is 2. The fourth-order valence-corrected chi connectivity index (χ4v) is 7.42. The molecule has 5 nitrogen and oxygen atoms in total. The molecule has 1 amide bonds. The molecule has 0 aliphatic rings. The Kier molecular flexibility index (Phi) is 39.8. The molecule has 0 spiro atoms. The van der Waals surface area contributed by atoms with Crippen LogP contribution in [0.4, 0.5) is 0 Å². The number of nitrogens with zero attached hydrogens (tertiary/aromatic N) is 1. The minimum absolute atomic E-state index is 0.0160. The Morgan fingerprint density at radius 3 is 1.24 bits per heavy atom. The van der Waals surface area contributed by atoms with E-state index in [-0.39, 0.29) is 11.9 Å². The van der Waals surface area contributed by atoms with Gasteiger partial charge in [0.15, 0.2) is 0 Å². The van der Waals surface area contributed by atoms with Crippen molar-refractivity contribution in [2.45, 2.75) is 245 Å². The zero-order valence-electron chi connectivity index (χ0n) is 34.4. The summed E-state index contributed by atoms with van der Waals surface area (Å²) in [5.41, 5.74) is 5.43. The van der Waals surface area contributed by atoms with Gasteiger partial charge in [0, 0.05) is 12.8 Å². The summed E-state index contributed by atoms with van der Waals surface area (Å²) >= 11 is 0. The highest BCUT2D eigenvalue weighted by molar-refractivity contribution is 5.73. The molecule has 5 heteroatoms. The van der Waals surface area contributed by atoms with Gasteiger partial charge in [0.1, 0.15) is 0 Å². The zero-order chi connectivity index (χ0) is 36.6. The Morgan fingerprint density at radius 1 is 0.440 bits per heavy atom. The average Bonchev–Trinajstić information content (AvgIpc) is 3.10. The second-order valence-electron chi connectivity index (χ2n) is 15.8. The Balaban J connectivity index is 4.13. The first-order valence-corrected chi connectivity index (χ1v) is 22.7. The van der Waals surface area contributed by atoms with Crippen LogP contribution in [0.15, 0.2) is 0 Å². The number of amides is 1. The third-order valence-electron chi connectivity index (χ3n) is 10.8. The van der Waals surface area contributed by atoms with E-state index in [2.05, 4.69) is 25.7 Å². The van der Waals surface area contributed by atoms with Crippen LogP contribution in [0.1, 0.15) is 245 Å². The van der Waals surface area contributed by atoms with Crippen molar-refractivity contribution in [3.8, 4) is 0 Å². The van der Waals surface area contributed by atoms with E-state index in [4.69, 9.17) is 10.5 Å². The van der Waals surface area contributed by atoms with E-state index >= 15 is 0 Å². The third kappa shape index (κ3) is 38.1. The smallest absolute Gasteiger partial charge is 0.305 e. The Labute approximate surface area is 313 Å². The summed E-state index contributed by atoms with van der Waals surface area (Å²) in [6.45, 7) is 10.7. The molecular formula is C45H90N2O3. The molecule has 0 fully saturated rings. The topological polar surface area (TPSA) is 72.6 Å². The number of hydrogen-bond donors (Lipinski definition) is 1. The highest BCUT2D eigenvalue weighted by atomic mass is 16.5. The van der Waals surface area contributed by atoms with Gasteiger partial charge < -0.3 is 15.4 Å². The molecule has 50 heavy (non-hydrogen) atoms. The van der Waals surface area contributed by atoms with Crippen LogP contribution in [0.3, 0.4) is 0 Å². The number of primary amides is 1. The Morgan fingerprint density at radius 2 is 0.800 bits per heavy atom. The molecule has 0 atom stereocenters. The summed E-state index contributed by atoms with van der Waals surface area (Å²) < 4.78 is 5.44. The summed E-state index contributed by atoms with van der Waals surface area (Å²) in [7, 11) is 0. The maximum atomic E-state index is 12.0. The maximum Gasteiger partial charge on any atom is 0.305 e. The second kappa shape index (κ2) is 40.7. The number of rotatable bonds is 42. The first kappa shape index (κ1) is 48.9. The number of carbonyl (C=O) groups is 2. The molecule has 0 aliphatic heterocycles. The molecule has 0 aliphatic carbocycles. The van der Waals surface area contributed by atoms with E-state index in [1.807, 2.05) is 0 Å². The van der Waals surface area contributed by atoms with Crippen molar-refractivity contribution in [2.24, 2.45) is 11.7 Å². The zero-order valence-corrected chi connectivity index (χ0v) is 34.4. The average molecular weight is 707 g/mol. The van der Waals surface area contributed by atoms with Crippen LogP contribution in [-0.2, 0) is 14.3 Å². The molecule has 298 valence electrons. The molecule has 0 saturated carbocycles. The maximum absolute atomic E-state index is 12.0.